The first-order valence-electron chi connectivity index (χ1n) is 5.85. The molecule has 1 atom stereocenters. The first kappa shape index (κ1) is 12.4. The van der Waals surface area contributed by atoms with E-state index in [4.69, 9.17) is 10.2 Å². The van der Waals surface area contributed by atoms with Gasteiger partial charge in [0.2, 0.25) is 0 Å². The van der Waals surface area contributed by atoms with E-state index in [-0.39, 0.29) is 5.82 Å². The molecular formula is C15H11BrFNO. The Morgan fingerprint density at radius 1 is 1.11 bits per heavy atom. The van der Waals surface area contributed by atoms with Crippen LogP contribution in [0.2, 0.25) is 0 Å². The van der Waals surface area contributed by atoms with Crippen LogP contribution >= 0.6 is 15.9 Å². The average Bonchev–Trinajstić information content (AvgIpc) is 2.85. The van der Waals surface area contributed by atoms with Crippen LogP contribution < -0.4 is 5.73 Å². The summed E-state index contributed by atoms with van der Waals surface area (Å²) in [5.74, 6) is 0.288. The van der Waals surface area contributed by atoms with Crippen molar-refractivity contribution < 1.29 is 8.81 Å². The lowest BCUT2D eigenvalue weighted by Crippen LogP contribution is -2.12. The summed E-state index contributed by atoms with van der Waals surface area (Å²) in [6, 6.07) is 13.9. The average molecular weight is 320 g/mol. The number of hydrogen-bond donors (Lipinski definition) is 1. The molecule has 1 unspecified atom stereocenters. The quantitative estimate of drug-likeness (QED) is 0.761. The number of halogens is 2. The molecular weight excluding hydrogens is 309 g/mol. The van der Waals surface area contributed by atoms with E-state index in [1.54, 1.807) is 12.1 Å². The minimum Gasteiger partial charge on any atom is -0.459 e. The van der Waals surface area contributed by atoms with E-state index < -0.39 is 6.04 Å². The van der Waals surface area contributed by atoms with Gasteiger partial charge in [0.15, 0.2) is 0 Å². The smallest absolute Gasteiger partial charge is 0.137 e. The van der Waals surface area contributed by atoms with E-state index in [9.17, 15) is 4.39 Å². The number of benzene rings is 2. The van der Waals surface area contributed by atoms with Crippen LogP contribution in [-0.2, 0) is 0 Å². The van der Waals surface area contributed by atoms with Crippen molar-refractivity contribution in [1.29, 1.82) is 0 Å². The van der Waals surface area contributed by atoms with Gasteiger partial charge in [-0.2, -0.15) is 0 Å². The molecule has 0 fully saturated rings. The summed E-state index contributed by atoms with van der Waals surface area (Å²) < 4.78 is 19.6. The summed E-state index contributed by atoms with van der Waals surface area (Å²) in [4.78, 5) is 0. The van der Waals surface area contributed by atoms with Crippen molar-refractivity contribution in [3.05, 3.63) is 70.1 Å². The molecule has 0 aliphatic carbocycles. The van der Waals surface area contributed by atoms with Crippen molar-refractivity contribution >= 4 is 26.9 Å². The van der Waals surface area contributed by atoms with Gasteiger partial charge in [-0.1, -0.05) is 30.3 Å². The molecule has 0 spiro atoms. The van der Waals surface area contributed by atoms with Gasteiger partial charge in [-0.05, 0) is 39.7 Å². The minimum absolute atomic E-state index is 0.330. The SMILES string of the molecule is NC(c1cc2ccccc2o1)c1cccc(F)c1Br. The van der Waals surface area contributed by atoms with Crippen molar-refractivity contribution in [2.45, 2.75) is 6.04 Å². The lowest BCUT2D eigenvalue weighted by Gasteiger charge is -2.11. The van der Waals surface area contributed by atoms with E-state index in [0.717, 1.165) is 11.0 Å². The highest BCUT2D eigenvalue weighted by Gasteiger charge is 2.18. The first-order chi connectivity index (χ1) is 9.16. The second-order valence-electron chi connectivity index (χ2n) is 4.31. The van der Waals surface area contributed by atoms with Gasteiger partial charge in [-0.15, -0.1) is 0 Å². The number of fused-ring (bicyclic) bond motifs is 1. The summed E-state index contributed by atoms with van der Waals surface area (Å²) in [5.41, 5.74) is 7.60. The van der Waals surface area contributed by atoms with Crippen molar-refractivity contribution in [3.63, 3.8) is 0 Å². The van der Waals surface area contributed by atoms with E-state index >= 15 is 0 Å². The molecule has 1 aromatic heterocycles. The third kappa shape index (κ3) is 2.17. The van der Waals surface area contributed by atoms with Gasteiger partial charge in [0, 0.05) is 5.39 Å². The highest BCUT2D eigenvalue weighted by molar-refractivity contribution is 9.10. The Hall–Kier alpha value is -1.65. The van der Waals surface area contributed by atoms with Gasteiger partial charge in [0.05, 0.1) is 10.5 Å². The molecule has 96 valence electrons. The highest BCUT2D eigenvalue weighted by Crippen LogP contribution is 2.31. The molecule has 2 aromatic carbocycles. The molecule has 3 rings (SSSR count). The Morgan fingerprint density at radius 3 is 2.68 bits per heavy atom. The third-order valence-corrected chi connectivity index (χ3v) is 3.90. The number of nitrogens with two attached hydrogens (primary N) is 1. The van der Waals surface area contributed by atoms with Gasteiger partial charge in [0.25, 0.3) is 0 Å². The van der Waals surface area contributed by atoms with Crippen LogP contribution in [0.4, 0.5) is 4.39 Å². The lowest BCUT2D eigenvalue weighted by molar-refractivity contribution is 0.522. The monoisotopic (exact) mass is 319 g/mol. The molecule has 0 saturated carbocycles. The predicted octanol–water partition coefficient (Wildman–Crippen LogP) is 4.38. The van der Waals surface area contributed by atoms with Crippen LogP contribution in [0.15, 0.2) is 57.4 Å². The Bertz CT molecular complexity index is 705. The molecule has 3 aromatic rings. The Morgan fingerprint density at radius 2 is 1.89 bits per heavy atom. The largest absolute Gasteiger partial charge is 0.459 e. The molecule has 0 saturated heterocycles. The Labute approximate surface area is 118 Å². The standard InChI is InChI=1S/C15H11BrFNO/c16-14-10(5-3-6-11(14)17)15(18)13-8-9-4-1-2-7-12(9)19-13/h1-8,15H,18H2. The fourth-order valence-electron chi connectivity index (χ4n) is 2.07. The summed E-state index contributed by atoms with van der Waals surface area (Å²) in [6.45, 7) is 0. The van der Waals surface area contributed by atoms with Crippen LogP contribution in [-0.4, -0.2) is 0 Å². The van der Waals surface area contributed by atoms with Gasteiger partial charge in [0.1, 0.15) is 17.2 Å². The van der Waals surface area contributed by atoms with E-state index in [1.165, 1.54) is 6.07 Å². The maximum absolute atomic E-state index is 13.5. The second-order valence-corrected chi connectivity index (χ2v) is 5.10. The van der Waals surface area contributed by atoms with Gasteiger partial charge < -0.3 is 10.2 Å². The van der Waals surface area contributed by atoms with Crippen molar-refractivity contribution in [1.82, 2.24) is 0 Å². The summed E-state index contributed by atoms with van der Waals surface area (Å²) in [5, 5.41) is 0.987. The van der Waals surface area contributed by atoms with Crippen molar-refractivity contribution in [2.24, 2.45) is 5.73 Å². The molecule has 0 aliphatic rings. The molecule has 0 amide bonds. The Balaban J connectivity index is 2.08. The fourth-order valence-corrected chi connectivity index (χ4v) is 2.58. The molecule has 2 N–H and O–H groups in total. The number of furan rings is 1. The lowest BCUT2D eigenvalue weighted by atomic mass is 10.1. The minimum atomic E-state index is -0.502. The fraction of sp³-hybridized carbons (Fsp3) is 0.0667. The van der Waals surface area contributed by atoms with E-state index in [2.05, 4.69) is 15.9 Å². The van der Waals surface area contributed by atoms with Crippen LogP contribution in [0, 0.1) is 5.82 Å². The molecule has 4 heteroatoms. The summed E-state index contributed by atoms with van der Waals surface area (Å²) in [6.07, 6.45) is 0. The molecule has 1 heterocycles. The van der Waals surface area contributed by atoms with Gasteiger partial charge in [-0.25, -0.2) is 4.39 Å². The number of rotatable bonds is 2. The topological polar surface area (TPSA) is 39.2 Å². The van der Waals surface area contributed by atoms with Crippen LogP contribution in [0.5, 0.6) is 0 Å². The zero-order chi connectivity index (χ0) is 13.4. The molecule has 0 aliphatic heterocycles. The maximum Gasteiger partial charge on any atom is 0.137 e. The predicted molar refractivity (Wildman–Crippen MR) is 76.3 cm³/mol. The highest BCUT2D eigenvalue weighted by atomic mass is 79.9. The molecule has 0 radical (unpaired) electrons. The molecule has 0 bridgehead atoms. The molecule has 19 heavy (non-hydrogen) atoms. The van der Waals surface area contributed by atoms with Crippen LogP contribution in [0.25, 0.3) is 11.0 Å². The molecule has 2 nitrogen and oxygen atoms in total. The zero-order valence-corrected chi connectivity index (χ0v) is 11.5. The second kappa shape index (κ2) is 4.79. The number of para-hydroxylation sites is 1. The normalized spacial score (nSPS) is 12.8. The van der Waals surface area contributed by atoms with E-state index in [0.29, 0.717) is 15.8 Å². The third-order valence-electron chi connectivity index (χ3n) is 3.07. The van der Waals surface area contributed by atoms with Gasteiger partial charge in [-0.3, -0.25) is 0 Å². The maximum atomic E-state index is 13.5. The van der Waals surface area contributed by atoms with Crippen LogP contribution in [0.3, 0.4) is 0 Å². The summed E-state index contributed by atoms with van der Waals surface area (Å²) >= 11 is 3.23. The number of hydrogen-bond acceptors (Lipinski definition) is 2. The zero-order valence-electron chi connectivity index (χ0n) is 9.94. The summed E-state index contributed by atoms with van der Waals surface area (Å²) in [7, 11) is 0. The van der Waals surface area contributed by atoms with E-state index in [1.807, 2.05) is 30.3 Å². The van der Waals surface area contributed by atoms with Gasteiger partial charge >= 0.3 is 0 Å². The van der Waals surface area contributed by atoms with Crippen molar-refractivity contribution in [3.8, 4) is 0 Å². The first-order valence-corrected chi connectivity index (χ1v) is 6.64. The van der Waals surface area contributed by atoms with Crippen molar-refractivity contribution in [2.75, 3.05) is 0 Å². The Kier molecular flexibility index (Phi) is 3.12. The van der Waals surface area contributed by atoms with Crippen LogP contribution in [0.1, 0.15) is 17.4 Å².